The highest BCUT2D eigenvalue weighted by atomic mass is 19.1. The van der Waals surface area contributed by atoms with Gasteiger partial charge in [-0.3, -0.25) is 4.79 Å². The van der Waals surface area contributed by atoms with E-state index in [0.717, 1.165) is 0 Å². The molecule has 0 aliphatic rings. The highest BCUT2D eigenvalue weighted by Gasteiger charge is 2.17. The third-order valence-electron chi connectivity index (χ3n) is 3.35. The van der Waals surface area contributed by atoms with Crippen LogP contribution in [-0.4, -0.2) is 25.1 Å². The van der Waals surface area contributed by atoms with Crippen molar-refractivity contribution < 1.29 is 23.8 Å². The van der Waals surface area contributed by atoms with Crippen molar-refractivity contribution in [1.29, 1.82) is 0 Å². The van der Waals surface area contributed by atoms with Gasteiger partial charge < -0.3 is 14.6 Å². The molecular weight excluding hydrogens is 287 g/mol. The monoisotopic (exact) mass is 304 g/mol. The van der Waals surface area contributed by atoms with E-state index in [9.17, 15) is 14.3 Å². The molecule has 2 rings (SSSR count). The van der Waals surface area contributed by atoms with Gasteiger partial charge in [0.1, 0.15) is 5.82 Å². The highest BCUT2D eigenvalue weighted by molar-refractivity contribution is 6.09. The van der Waals surface area contributed by atoms with Crippen LogP contribution in [0.25, 0.3) is 0 Å². The van der Waals surface area contributed by atoms with Crippen molar-refractivity contribution in [3.63, 3.8) is 0 Å². The van der Waals surface area contributed by atoms with Gasteiger partial charge in [0.05, 0.1) is 6.61 Å². The molecule has 2 aromatic rings. The van der Waals surface area contributed by atoms with E-state index in [2.05, 4.69) is 0 Å². The third-order valence-corrected chi connectivity index (χ3v) is 3.35. The summed E-state index contributed by atoms with van der Waals surface area (Å²) in [6.45, 7) is -0.295. The Morgan fingerprint density at radius 2 is 1.77 bits per heavy atom. The predicted octanol–water partition coefficient (Wildman–Crippen LogP) is 2.84. The summed E-state index contributed by atoms with van der Waals surface area (Å²) in [4.78, 5) is 12.5. The molecule has 0 amide bonds. The summed E-state index contributed by atoms with van der Waals surface area (Å²) < 4.78 is 23.2. The third kappa shape index (κ3) is 3.39. The summed E-state index contributed by atoms with van der Waals surface area (Å²) in [6.07, 6.45) is -0.569. The molecule has 0 bridgehead atoms. The van der Waals surface area contributed by atoms with E-state index in [-0.39, 0.29) is 12.4 Å². The van der Waals surface area contributed by atoms with Crippen LogP contribution in [0.3, 0.4) is 0 Å². The first-order valence-corrected chi connectivity index (χ1v) is 6.70. The molecule has 1 N–H and O–H groups in total. The quantitative estimate of drug-likeness (QED) is 0.658. The number of rotatable bonds is 6. The molecule has 0 spiro atoms. The van der Waals surface area contributed by atoms with Crippen LogP contribution in [0.2, 0.25) is 0 Å². The number of aliphatic hydroxyl groups is 1. The fourth-order valence-corrected chi connectivity index (χ4v) is 2.24. The van der Waals surface area contributed by atoms with Gasteiger partial charge >= 0.3 is 0 Å². The summed E-state index contributed by atoms with van der Waals surface area (Å²) in [5, 5.41) is 9.52. The maximum atomic E-state index is 12.9. The normalized spacial score (nSPS) is 11.0. The van der Waals surface area contributed by atoms with Gasteiger partial charge in [-0.05, 0) is 35.9 Å². The SMILES string of the molecule is COC(OC)c1ccc(C(=O)c2ccc(F)cc2)c(CO)c1. The number of ketones is 1. The van der Waals surface area contributed by atoms with Crippen molar-refractivity contribution in [2.45, 2.75) is 12.9 Å². The van der Waals surface area contributed by atoms with Gasteiger partial charge in [-0.1, -0.05) is 12.1 Å². The summed E-state index contributed by atoms with van der Waals surface area (Å²) >= 11 is 0. The lowest BCUT2D eigenvalue weighted by molar-refractivity contribution is -0.106. The highest BCUT2D eigenvalue weighted by Crippen LogP contribution is 2.23. The van der Waals surface area contributed by atoms with Crippen LogP contribution < -0.4 is 0 Å². The molecule has 0 saturated heterocycles. The van der Waals surface area contributed by atoms with E-state index in [1.54, 1.807) is 18.2 Å². The van der Waals surface area contributed by atoms with Crippen molar-refractivity contribution in [3.05, 3.63) is 70.5 Å². The van der Waals surface area contributed by atoms with Crippen LogP contribution >= 0.6 is 0 Å². The molecule has 22 heavy (non-hydrogen) atoms. The van der Waals surface area contributed by atoms with Gasteiger partial charge in [0.15, 0.2) is 12.1 Å². The van der Waals surface area contributed by atoms with Gasteiger partial charge in [-0.15, -0.1) is 0 Å². The Balaban J connectivity index is 2.38. The standard InChI is InChI=1S/C17H17FO4/c1-21-17(22-2)12-5-8-15(13(9-12)10-19)16(20)11-3-6-14(18)7-4-11/h3-9,17,19H,10H2,1-2H3. The first-order valence-electron chi connectivity index (χ1n) is 6.70. The molecule has 5 heteroatoms. The molecule has 2 aromatic carbocycles. The van der Waals surface area contributed by atoms with Crippen LogP contribution in [0.15, 0.2) is 42.5 Å². The van der Waals surface area contributed by atoms with E-state index in [1.807, 2.05) is 0 Å². The Morgan fingerprint density at radius 3 is 2.32 bits per heavy atom. The fourth-order valence-electron chi connectivity index (χ4n) is 2.24. The maximum absolute atomic E-state index is 12.9. The van der Waals surface area contributed by atoms with Crippen molar-refractivity contribution in [2.75, 3.05) is 14.2 Å². The van der Waals surface area contributed by atoms with Crippen molar-refractivity contribution >= 4 is 5.78 Å². The smallest absolute Gasteiger partial charge is 0.193 e. The minimum Gasteiger partial charge on any atom is -0.392 e. The zero-order chi connectivity index (χ0) is 16.1. The van der Waals surface area contributed by atoms with E-state index in [4.69, 9.17) is 9.47 Å². The minimum atomic E-state index is -0.569. The molecular formula is C17H17FO4. The summed E-state index contributed by atoms with van der Waals surface area (Å²) in [6, 6.07) is 10.3. The zero-order valence-electron chi connectivity index (χ0n) is 12.4. The second-order valence-corrected chi connectivity index (χ2v) is 4.71. The molecule has 0 aliphatic heterocycles. The number of aliphatic hydroxyl groups excluding tert-OH is 1. The number of carbonyl (C=O) groups excluding carboxylic acids is 1. The Morgan fingerprint density at radius 1 is 1.14 bits per heavy atom. The molecule has 4 nitrogen and oxygen atoms in total. The predicted molar refractivity (Wildman–Crippen MR) is 79.0 cm³/mol. The number of halogens is 1. The summed E-state index contributed by atoms with van der Waals surface area (Å²) in [5.74, 6) is -0.681. The van der Waals surface area contributed by atoms with E-state index in [1.165, 1.54) is 38.5 Å². The first kappa shape index (κ1) is 16.3. The molecule has 0 heterocycles. The molecule has 0 atom stereocenters. The fraction of sp³-hybridized carbons (Fsp3) is 0.235. The average molecular weight is 304 g/mol. The summed E-state index contributed by atoms with van der Waals surface area (Å²) in [5.41, 5.74) is 1.89. The number of hydrogen-bond donors (Lipinski definition) is 1. The van der Waals surface area contributed by atoms with Crippen LogP contribution in [0.4, 0.5) is 4.39 Å². The molecule has 116 valence electrons. The Bertz CT molecular complexity index is 648. The number of benzene rings is 2. The molecule has 0 unspecified atom stereocenters. The van der Waals surface area contributed by atoms with E-state index >= 15 is 0 Å². The lowest BCUT2D eigenvalue weighted by Crippen LogP contribution is -2.09. The van der Waals surface area contributed by atoms with Crippen molar-refractivity contribution in [2.24, 2.45) is 0 Å². The Kier molecular flexibility index (Phi) is 5.38. The van der Waals surface area contributed by atoms with Crippen LogP contribution in [0, 0.1) is 5.82 Å². The number of hydrogen-bond acceptors (Lipinski definition) is 4. The van der Waals surface area contributed by atoms with Gasteiger partial charge in [0, 0.05) is 30.9 Å². The maximum Gasteiger partial charge on any atom is 0.193 e. The lowest BCUT2D eigenvalue weighted by atomic mass is 9.96. The largest absolute Gasteiger partial charge is 0.392 e. The minimum absolute atomic E-state index is 0.276. The molecule has 0 aliphatic carbocycles. The lowest BCUT2D eigenvalue weighted by Gasteiger charge is -2.16. The molecule has 0 radical (unpaired) electrons. The first-order chi connectivity index (χ1) is 10.6. The second kappa shape index (κ2) is 7.26. The zero-order valence-corrected chi connectivity index (χ0v) is 12.4. The van der Waals surface area contributed by atoms with Gasteiger partial charge in [0.2, 0.25) is 0 Å². The van der Waals surface area contributed by atoms with Crippen LogP contribution in [0.5, 0.6) is 0 Å². The molecule has 0 saturated carbocycles. The van der Waals surface area contributed by atoms with E-state index in [0.29, 0.717) is 22.3 Å². The summed E-state index contributed by atoms with van der Waals surface area (Å²) in [7, 11) is 3.01. The van der Waals surface area contributed by atoms with Gasteiger partial charge in [0.25, 0.3) is 0 Å². The van der Waals surface area contributed by atoms with Gasteiger partial charge in [-0.25, -0.2) is 4.39 Å². The number of ether oxygens (including phenoxy) is 2. The molecule has 0 aromatic heterocycles. The number of methoxy groups -OCH3 is 2. The topological polar surface area (TPSA) is 55.8 Å². The Labute approximate surface area is 128 Å². The van der Waals surface area contributed by atoms with Gasteiger partial charge in [-0.2, -0.15) is 0 Å². The second-order valence-electron chi connectivity index (χ2n) is 4.71. The average Bonchev–Trinajstić information content (AvgIpc) is 2.56. The van der Waals surface area contributed by atoms with E-state index < -0.39 is 12.1 Å². The van der Waals surface area contributed by atoms with Crippen molar-refractivity contribution in [1.82, 2.24) is 0 Å². The van der Waals surface area contributed by atoms with Crippen molar-refractivity contribution in [3.8, 4) is 0 Å². The van der Waals surface area contributed by atoms with Crippen LogP contribution in [-0.2, 0) is 16.1 Å². The number of carbonyl (C=O) groups is 1. The Hall–Kier alpha value is -2.08. The van der Waals surface area contributed by atoms with Crippen LogP contribution in [0.1, 0.15) is 33.3 Å². The molecule has 0 fully saturated rings.